The Morgan fingerprint density at radius 2 is 1.82 bits per heavy atom. The van der Waals surface area contributed by atoms with E-state index in [1.54, 1.807) is 6.07 Å². The lowest BCUT2D eigenvalue weighted by Crippen LogP contribution is -2.38. The number of benzene rings is 2. The molecule has 2 aliphatic heterocycles. The van der Waals surface area contributed by atoms with Gasteiger partial charge in [0, 0.05) is 50.7 Å². The monoisotopic (exact) mass is 458 g/mol. The lowest BCUT2D eigenvalue weighted by atomic mass is 10.1. The van der Waals surface area contributed by atoms with Crippen LogP contribution in [0.3, 0.4) is 0 Å². The molecule has 1 amide bonds. The van der Waals surface area contributed by atoms with Gasteiger partial charge in [-0.25, -0.2) is 4.98 Å². The van der Waals surface area contributed by atoms with E-state index >= 15 is 0 Å². The molecule has 9 heteroatoms. The minimum atomic E-state index is -4.45. The largest absolute Gasteiger partial charge is 0.416 e. The number of aromatic nitrogens is 2. The molecule has 2 aromatic carbocycles. The van der Waals surface area contributed by atoms with E-state index in [4.69, 9.17) is 9.72 Å². The summed E-state index contributed by atoms with van der Waals surface area (Å²) >= 11 is 0. The molecule has 0 unspecified atom stereocenters. The molecular weight excluding hydrogens is 433 g/mol. The third-order valence-corrected chi connectivity index (χ3v) is 6.40. The van der Waals surface area contributed by atoms with Crippen molar-refractivity contribution in [1.29, 1.82) is 0 Å². The van der Waals surface area contributed by atoms with E-state index in [-0.39, 0.29) is 23.9 Å². The van der Waals surface area contributed by atoms with Gasteiger partial charge in [0.05, 0.1) is 29.8 Å². The van der Waals surface area contributed by atoms with E-state index in [1.165, 1.54) is 11.0 Å². The Morgan fingerprint density at radius 3 is 2.61 bits per heavy atom. The summed E-state index contributed by atoms with van der Waals surface area (Å²) in [5.41, 5.74) is 1.38. The van der Waals surface area contributed by atoms with Crippen molar-refractivity contribution in [2.45, 2.75) is 25.1 Å². The molecule has 0 saturated carbocycles. The number of hydrogen-bond acceptors (Lipinski definition) is 4. The van der Waals surface area contributed by atoms with Gasteiger partial charge >= 0.3 is 6.18 Å². The molecule has 3 heterocycles. The number of morpholine rings is 1. The topological polar surface area (TPSA) is 50.6 Å². The van der Waals surface area contributed by atoms with Gasteiger partial charge in [0.1, 0.15) is 5.82 Å². The van der Waals surface area contributed by atoms with Crippen LogP contribution in [0, 0.1) is 0 Å². The van der Waals surface area contributed by atoms with Crippen LogP contribution in [0.5, 0.6) is 0 Å². The van der Waals surface area contributed by atoms with Crippen molar-refractivity contribution in [3.63, 3.8) is 0 Å². The number of ether oxygens (including phenoxy) is 1. The lowest BCUT2D eigenvalue weighted by molar-refractivity contribution is -0.137. The van der Waals surface area contributed by atoms with Gasteiger partial charge in [0.2, 0.25) is 5.91 Å². The summed E-state index contributed by atoms with van der Waals surface area (Å²) in [6.45, 7) is 5.08. The molecule has 2 fully saturated rings. The second-order valence-corrected chi connectivity index (χ2v) is 8.52. The smallest absolute Gasteiger partial charge is 0.379 e. The molecule has 1 atom stereocenters. The zero-order chi connectivity index (χ0) is 23.0. The van der Waals surface area contributed by atoms with E-state index in [1.807, 2.05) is 24.3 Å². The number of halogens is 3. The molecule has 0 spiro atoms. The Labute approximate surface area is 189 Å². The first-order valence-electron chi connectivity index (χ1n) is 11.1. The predicted octanol–water partition coefficient (Wildman–Crippen LogP) is 3.91. The molecular formula is C24H25F3N4O2. The summed E-state index contributed by atoms with van der Waals surface area (Å²) in [7, 11) is 0. The van der Waals surface area contributed by atoms with E-state index < -0.39 is 11.7 Å². The van der Waals surface area contributed by atoms with Gasteiger partial charge in [-0.05, 0) is 30.3 Å². The first kappa shape index (κ1) is 21.9. The van der Waals surface area contributed by atoms with Crippen molar-refractivity contribution in [2.24, 2.45) is 0 Å². The Balaban J connectivity index is 1.42. The van der Waals surface area contributed by atoms with E-state index in [9.17, 15) is 18.0 Å². The minimum absolute atomic E-state index is 0.189. The highest BCUT2D eigenvalue weighted by molar-refractivity contribution is 5.96. The molecule has 33 heavy (non-hydrogen) atoms. The molecule has 3 aromatic rings. The number of alkyl halides is 3. The summed E-state index contributed by atoms with van der Waals surface area (Å²) < 4.78 is 47.1. The highest BCUT2D eigenvalue weighted by Gasteiger charge is 2.36. The summed E-state index contributed by atoms with van der Waals surface area (Å²) in [6.07, 6.45) is -4.23. The normalized spacial score (nSPS) is 20.2. The maximum atomic E-state index is 13.2. The van der Waals surface area contributed by atoms with Gasteiger partial charge in [-0.1, -0.05) is 18.2 Å². The van der Waals surface area contributed by atoms with Crippen molar-refractivity contribution < 1.29 is 22.7 Å². The zero-order valence-electron chi connectivity index (χ0n) is 18.1. The molecule has 1 aromatic heterocycles. The highest BCUT2D eigenvalue weighted by atomic mass is 19.4. The van der Waals surface area contributed by atoms with Crippen LogP contribution < -0.4 is 4.90 Å². The Bertz CT molecular complexity index is 1150. The fraction of sp³-hybridized carbons (Fsp3) is 0.417. The first-order valence-corrected chi connectivity index (χ1v) is 11.1. The fourth-order valence-electron chi connectivity index (χ4n) is 4.69. The number of anilines is 1. The highest BCUT2D eigenvalue weighted by Crippen LogP contribution is 2.36. The average molecular weight is 458 g/mol. The number of fused-ring (bicyclic) bond motifs is 1. The van der Waals surface area contributed by atoms with Crippen LogP contribution in [0.2, 0.25) is 0 Å². The molecule has 174 valence electrons. The van der Waals surface area contributed by atoms with Crippen molar-refractivity contribution in [2.75, 3.05) is 44.3 Å². The van der Waals surface area contributed by atoms with Gasteiger partial charge in [-0.15, -0.1) is 0 Å². The van der Waals surface area contributed by atoms with Crippen LogP contribution in [-0.2, 0) is 22.3 Å². The van der Waals surface area contributed by atoms with Crippen molar-refractivity contribution in [3.8, 4) is 0 Å². The molecule has 2 saturated heterocycles. The van der Waals surface area contributed by atoms with Gasteiger partial charge in [0.25, 0.3) is 0 Å². The van der Waals surface area contributed by atoms with Crippen LogP contribution >= 0.6 is 0 Å². The number of hydrogen-bond donors (Lipinski definition) is 0. The average Bonchev–Trinajstić information content (AvgIpc) is 3.38. The summed E-state index contributed by atoms with van der Waals surface area (Å²) in [5, 5.41) is 0. The number of rotatable bonds is 5. The maximum Gasteiger partial charge on any atom is 0.416 e. The molecule has 2 aliphatic rings. The van der Waals surface area contributed by atoms with E-state index in [2.05, 4.69) is 9.47 Å². The maximum absolute atomic E-state index is 13.2. The number of carbonyl (C=O) groups excluding carboxylic acids is 1. The summed E-state index contributed by atoms with van der Waals surface area (Å²) in [4.78, 5) is 21.5. The second-order valence-electron chi connectivity index (χ2n) is 8.52. The van der Waals surface area contributed by atoms with Crippen molar-refractivity contribution in [3.05, 3.63) is 59.9 Å². The van der Waals surface area contributed by atoms with Crippen LogP contribution in [0.15, 0.2) is 48.5 Å². The fourth-order valence-corrected chi connectivity index (χ4v) is 4.69. The van der Waals surface area contributed by atoms with Gasteiger partial charge in [0.15, 0.2) is 0 Å². The Morgan fingerprint density at radius 1 is 1.03 bits per heavy atom. The minimum Gasteiger partial charge on any atom is -0.379 e. The van der Waals surface area contributed by atoms with Gasteiger partial charge < -0.3 is 14.2 Å². The van der Waals surface area contributed by atoms with E-state index in [0.29, 0.717) is 6.54 Å². The van der Waals surface area contributed by atoms with Crippen LogP contribution in [0.4, 0.5) is 18.9 Å². The molecule has 6 nitrogen and oxygen atoms in total. The predicted molar refractivity (Wildman–Crippen MR) is 118 cm³/mol. The van der Waals surface area contributed by atoms with Gasteiger partial charge in [-0.3, -0.25) is 9.69 Å². The van der Waals surface area contributed by atoms with E-state index in [0.717, 1.165) is 68.4 Å². The van der Waals surface area contributed by atoms with Crippen molar-refractivity contribution in [1.82, 2.24) is 14.5 Å². The number of amides is 1. The Hall–Kier alpha value is -2.91. The van der Waals surface area contributed by atoms with Crippen molar-refractivity contribution >= 4 is 22.6 Å². The zero-order valence-corrected chi connectivity index (χ0v) is 18.1. The summed E-state index contributed by atoms with van der Waals surface area (Å²) in [5.74, 6) is 0.433. The molecule has 0 bridgehead atoms. The second kappa shape index (κ2) is 8.79. The molecule has 0 N–H and O–H groups in total. The number of carbonyl (C=O) groups is 1. The summed E-state index contributed by atoms with van der Waals surface area (Å²) in [6, 6.07) is 12.8. The quantitative estimate of drug-likeness (QED) is 0.582. The van der Waals surface area contributed by atoms with Gasteiger partial charge in [-0.2, -0.15) is 13.2 Å². The van der Waals surface area contributed by atoms with Crippen LogP contribution in [0.1, 0.15) is 23.7 Å². The van der Waals surface area contributed by atoms with Crippen LogP contribution in [0.25, 0.3) is 11.0 Å². The third-order valence-electron chi connectivity index (χ3n) is 6.40. The lowest BCUT2D eigenvalue weighted by Gasteiger charge is -2.27. The molecule has 0 aliphatic carbocycles. The number of imidazole rings is 1. The SMILES string of the molecule is O=C1C[C@H](c2nc3ccccc3n2CCN2CCOCC2)CN1c1cccc(C(F)(F)F)c1. The third kappa shape index (κ3) is 4.47. The number of nitrogens with zero attached hydrogens (tertiary/aromatic N) is 4. The molecule has 5 rings (SSSR count). The van der Waals surface area contributed by atoms with Crippen LogP contribution in [-0.4, -0.2) is 59.8 Å². The number of para-hydroxylation sites is 2. The molecule has 0 radical (unpaired) electrons. The first-order chi connectivity index (χ1) is 15.9. The standard InChI is InChI=1S/C24H25F3N4O2/c25-24(26,27)18-4-3-5-19(15-18)31-16-17(14-22(31)32)23-28-20-6-1-2-7-21(20)30(23)9-8-29-10-12-33-13-11-29/h1-7,15,17H,8-14,16H2/t17-/m0/s1. The Kier molecular flexibility index (Phi) is 5.84.